The summed E-state index contributed by atoms with van der Waals surface area (Å²) < 4.78 is 1.05. The van der Waals surface area contributed by atoms with Gasteiger partial charge >= 0.3 is 0 Å². The van der Waals surface area contributed by atoms with Crippen LogP contribution in [0.4, 0.5) is 0 Å². The molecular weight excluding hydrogens is 254 g/mol. The molecule has 2 nitrogen and oxygen atoms in total. The van der Waals surface area contributed by atoms with Crippen LogP contribution in [-0.4, -0.2) is 24.9 Å². The molecule has 2 rings (SSSR count). The van der Waals surface area contributed by atoms with E-state index in [0.29, 0.717) is 0 Å². The Bertz CT molecular complexity index is 379. The number of nitrogens with zero attached hydrogens (tertiary/aromatic N) is 1. The third kappa shape index (κ3) is 1.81. The summed E-state index contributed by atoms with van der Waals surface area (Å²) in [5, 5.41) is 0. The maximum absolute atomic E-state index is 12.0. The summed E-state index contributed by atoms with van der Waals surface area (Å²) in [7, 11) is 3.64. The Hall–Kier alpha value is -0.830. The minimum Gasteiger partial charge on any atom is -0.348 e. The van der Waals surface area contributed by atoms with Crippen LogP contribution in [0.5, 0.6) is 0 Å². The van der Waals surface area contributed by atoms with Crippen LogP contribution in [0, 0.1) is 0 Å². The predicted octanol–water partition coefficient (Wildman–Crippen LogP) is 2.57. The quantitative estimate of drug-likeness (QED) is 0.807. The molecule has 0 spiro atoms. The molecule has 1 fully saturated rings. The number of amides is 1. The Morgan fingerprint density at radius 2 is 1.80 bits per heavy atom. The third-order valence-corrected chi connectivity index (χ3v) is 3.49. The minimum absolute atomic E-state index is 0.218. The zero-order chi connectivity index (χ0) is 11.1. The van der Waals surface area contributed by atoms with Gasteiger partial charge in [-0.25, -0.2) is 0 Å². The monoisotopic (exact) mass is 267 g/mol. The van der Waals surface area contributed by atoms with Crippen molar-refractivity contribution in [2.75, 3.05) is 14.1 Å². The van der Waals surface area contributed by atoms with Crippen LogP contribution < -0.4 is 0 Å². The van der Waals surface area contributed by atoms with Gasteiger partial charge in [0.15, 0.2) is 0 Å². The average Bonchev–Trinajstić information content (AvgIpc) is 2.99. The maximum Gasteiger partial charge on any atom is 0.232 e. The van der Waals surface area contributed by atoms with Gasteiger partial charge in [0.05, 0.1) is 5.41 Å². The lowest BCUT2D eigenvalue weighted by molar-refractivity contribution is -0.131. The smallest absolute Gasteiger partial charge is 0.232 e. The highest BCUT2D eigenvalue weighted by Crippen LogP contribution is 2.49. The zero-order valence-corrected chi connectivity index (χ0v) is 10.5. The fourth-order valence-corrected chi connectivity index (χ4v) is 2.21. The summed E-state index contributed by atoms with van der Waals surface area (Å²) >= 11 is 3.40. The lowest BCUT2D eigenvalue weighted by Crippen LogP contribution is -2.33. The summed E-state index contributed by atoms with van der Waals surface area (Å²) in [6.45, 7) is 0. The molecule has 15 heavy (non-hydrogen) atoms. The van der Waals surface area contributed by atoms with Gasteiger partial charge in [-0.3, -0.25) is 4.79 Å². The topological polar surface area (TPSA) is 20.3 Å². The number of carbonyl (C=O) groups is 1. The van der Waals surface area contributed by atoms with E-state index in [1.165, 1.54) is 0 Å². The summed E-state index contributed by atoms with van der Waals surface area (Å²) in [4.78, 5) is 13.7. The molecule has 0 radical (unpaired) electrons. The summed E-state index contributed by atoms with van der Waals surface area (Å²) in [6, 6.07) is 8.08. The maximum atomic E-state index is 12.0. The largest absolute Gasteiger partial charge is 0.348 e. The Balaban J connectivity index is 2.30. The summed E-state index contributed by atoms with van der Waals surface area (Å²) in [5.41, 5.74) is 0.925. The number of halogens is 1. The molecule has 1 aromatic rings. The van der Waals surface area contributed by atoms with Crippen molar-refractivity contribution in [3.05, 3.63) is 34.3 Å². The van der Waals surface area contributed by atoms with Crippen LogP contribution in [0.1, 0.15) is 18.4 Å². The van der Waals surface area contributed by atoms with Gasteiger partial charge in [-0.2, -0.15) is 0 Å². The SMILES string of the molecule is CN(C)C(=O)C1(c2ccc(Br)cc2)CC1. The van der Waals surface area contributed by atoms with Crippen molar-refractivity contribution in [2.24, 2.45) is 0 Å². The number of carbonyl (C=O) groups excluding carboxylic acids is 1. The van der Waals surface area contributed by atoms with Crippen molar-refractivity contribution in [1.82, 2.24) is 4.90 Å². The Morgan fingerprint density at radius 1 is 1.27 bits per heavy atom. The summed E-state index contributed by atoms with van der Waals surface area (Å²) in [5.74, 6) is 0.227. The number of likely N-dealkylation sites (N-methyl/N-ethyl adjacent to an activating group) is 1. The van der Waals surface area contributed by atoms with Gasteiger partial charge in [-0.15, -0.1) is 0 Å². The first-order valence-electron chi connectivity index (χ1n) is 5.04. The van der Waals surface area contributed by atoms with Crippen LogP contribution >= 0.6 is 15.9 Å². The first-order valence-corrected chi connectivity index (χ1v) is 5.83. The van der Waals surface area contributed by atoms with Crippen LogP contribution in [-0.2, 0) is 10.2 Å². The minimum atomic E-state index is -0.218. The van der Waals surface area contributed by atoms with Crippen molar-refractivity contribution in [1.29, 1.82) is 0 Å². The van der Waals surface area contributed by atoms with E-state index in [1.807, 2.05) is 38.4 Å². The fourth-order valence-electron chi connectivity index (χ4n) is 1.95. The van der Waals surface area contributed by atoms with E-state index in [2.05, 4.69) is 15.9 Å². The third-order valence-electron chi connectivity index (χ3n) is 2.96. The standard InChI is InChI=1S/C12H14BrNO/c1-14(2)11(15)12(7-8-12)9-3-5-10(13)6-4-9/h3-6H,7-8H2,1-2H3. The van der Waals surface area contributed by atoms with Gasteiger partial charge in [0.2, 0.25) is 5.91 Å². The first kappa shape index (κ1) is 10.7. The lowest BCUT2D eigenvalue weighted by atomic mass is 9.95. The summed E-state index contributed by atoms with van der Waals surface area (Å²) in [6.07, 6.45) is 1.96. The molecule has 0 saturated heterocycles. The molecule has 0 atom stereocenters. The van der Waals surface area contributed by atoms with Gasteiger partial charge in [-0.05, 0) is 30.5 Å². The van der Waals surface area contributed by atoms with Crippen LogP contribution in [0.3, 0.4) is 0 Å². The molecule has 0 aliphatic heterocycles. The molecule has 80 valence electrons. The molecule has 0 bridgehead atoms. The highest BCUT2D eigenvalue weighted by atomic mass is 79.9. The van der Waals surface area contributed by atoms with Gasteiger partial charge in [0.1, 0.15) is 0 Å². The number of hydrogen-bond acceptors (Lipinski definition) is 1. The van der Waals surface area contributed by atoms with Gasteiger partial charge in [0.25, 0.3) is 0 Å². The number of rotatable bonds is 2. The second-order valence-electron chi connectivity index (χ2n) is 4.29. The van der Waals surface area contributed by atoms with E-state index < -0.39 is 0 Å². The number of benzene rings is 1. The first-order chi connectivity index (χ1) is 7.06. The van der Waals surface area contributed by atoms with E-state index in [-0.39, 0.29) is 11.3 Å². The number of hydrogen-bond donors (Lipinski definition) is 0. The molecule has 1 aliphatic rings. The molecular formula is C12H14BrNO. The molecule has 1 aliphatic carbocycles. The molecule has 0 N–H and O–H groups in total. The lowest BCUT2D eigenvalue weighted by Gasteiger charge is -2.20. The molecule has 0 aromatic heterocycles. The Kier molecular flexibility index (Phi) is 2.59. The molecule has 0 heterocycles. The molecule has 3 heteroatoms. The van der Waals surface area contributed by atoms with Crippen molar-refractivity contribution < 1.29 is 4.79 Å². The second kappa shape index (κ2) is 3.63. The van der Waals surface area contributed by atoms with Gasteiger partial charge < -0.3 is 4.90 Å². The van der Waals surface area contributed by atoms with E-state index in [1.54, 1.807) is 4.90 Å². The highest BCUT2D eigenvalue weighted by Gasteiger charge is 2.51. The van der Waals surface area contributed by atoms with Crippen LogP contribution in [0.15, 0.2) is 28.7 Å². The van der Waals surface area contributed by atoms with Crippen molar-refractivity contribution >= 4 is 21.8 Å². The second-order valence-corrected chi connectivity index (χ2v) is 5.20. The van der Waals surface area contributed by atoms with Crippen LogP contribution in [0.25, 0.3) is 0 Å². The zero-order valence-electron chi connectivity index (χ0n) is 8.96. The van der Waals surface area contributed by atoms with Gasteiger partial charge in [0, 0.05) is 18.6 Å². The molecule has 1 amide bonds. The van der Waals surface area contributed by atoms with E-state index in [9.17, 15) is 4.79 Å². The van der Waals surface area contributed by atoms with E-state index >= 15 is 0 Å². The van der Waals surface area contributed by atoms with Crippen molar-refractivity contribution in [3.8, 4) is 0 Å². The average molecular weight is 268 g/mol. The molecule has 1 aromatic carbocycles. The van der Waals surface area contributed by atoms with E-state index in [4.69, 9.17) is 0 Å². The van der Waals surface area contributed by atoms with E-state index in [0.717, 1.165) is 22.9 Å². The fraction of sp³-hybridized carbons (Fsp3) is 0.417. The van der Waals surface area contributed by atoms with Crippen molar-refractivity contribution in [2.45, 2.75) is 18.3 Å². The van der Waals surface area contributed by atoms with Gasteiger partial charge in [-0.1, -0.05) is 28.1 Å². The van der Waals surface area contributed by atoms with Crippen LogP contribution in [0.2, 0.25) is 0 Å². The Morgan fingerprint density at radius 3 is 2.20 bits per heavy atom. The molecule has 1 saturated carbocycles. The predicted molar refractivity (Wildman–Crippen MR) is 63.7 cm³/mol. The van der Waals surface area contributed by atoms with Crippen molar-refractivity contribution in [3.63, 3.8) is 0 Å². The Labute approximate surface area is 98.4 Å². The molecule has 0 unspecified atom stereocenters. The highest BCUT2D eigenvalue weighted by molar-refractivity contribution is 9.10. The normalized spacial score (nSPS) is 17.3.